The summed E-state index contributed by atoms with van der Waals surface area (Å²) >= 11 is 0. The molecular formula is C21H21N3O3. The van der Waals surface area contributed by atoms with Gasteiger partial charge in [0.15, 0.2) is 0 Å². The van der Waals surface area contributed by atoms with E-state index in [1.54, 1.807) is 25.4 Å². The average molecular weight is 363 g/mol. The normalized spacial score (nSPS) is 10.1. The van der Waals surface area contributed by atoms with Gasteiger partial charge in [-0.25, -0.2) is 0 Å². The minimum atomic E-state index is -0.256. The monoisotopic (exact) mass is 363 g/mol. The quantitative estimate of drug-likeness (QED) is 0.647. The third kappa shape index (κ3) is 4.76. The van der Waals surface area contributed by atoms with E-state index in [-0.39, 0.29) is 5.91 Å². The maximum Gasteiger partial charge on any atom is 0.257 e. The van der Waals surface area contributed by atoms with Gasteiger partial charge in [0.05, 0.1) is 36.9 Å². The third-order valence-corrected chi connectivity index (χ3v) is 3.81. The van der Waals surface area contributed by atoms with E-state index < -0.39 is 0 Å². The number of methoxy groups -OCH3 is 1. The highest BCUT2D eigenvalue weighted by atomic mass is 16.5. The molecule has 0 spiro atoms. The molecule has 1 amide bonds. The Morgan fingerprint density at radius 3 is 2.56 bits per heavy atom. The van der Waals surface area contributed by atoms with Crippen LogP contribution in [0, 0.1) is 0 Å². The number of nitrogens with zero attached hydrogens (tertiary/aromatic N) is 1. The number of hydrogen-bond acceptors (Lipinski definition) is 5. The fraction of sp³-hybridized carbons (Fsp3) is 0.143. The topological polar surface area (TPSA) is 72.5 Å². The summed E-state index contributed by atoms with van der Waals surface area (Å²) in [6.07, 6.45) is 3.19. The number of carbonyl (C=O) groups excluding carboxylic acids is 1. The molecule has 0 radical (unpaired) electrons. The molecule has 0 saturated heterocycles. The summed E-state index contributed by atoms with van der Waals surface area (Å²) in [5, 5.41) is 6.09. The molecule has 0 bridgehead atoms. The largest absolute Gasteiger partial charge is 0.497 e. The van der Waals surface area contributed by atoms with Gasteiger partial charge in [-0.05, 0) is 49.4 Å². The molecule has 0 aliphatic carbocycles. The number of para-hydroxylation sites is 2. The summed E-state index contributed by atoms with van der Waals surface area (Å²) in [6, 6.07) is 16.6. The van der Waals surface area contributed by atoms with Gasteiger partial charge in [0.1, 0.15) is 11.5 Å². The third-order valence-electron chi connectivity index (χ3n) is 3.81. The lowest BCUT2D eigenvalue weighted by Crippen LogP contribution is -2.13. The number of aromatic nitrogens is 1. The summed E-state index contributed by atoms with van der Waals surface area (Å²) in [6.45, 7) is 2.42. The molecule has 138 valence electrons. The van der Waals surface area contributed by atoms with Crippen LogP contribution in [0.4, 0.5) is 17.1 Å². The van der Waals surface area contributed by atoms with Crippen molar-refractivity contribution in [2.75, 3.05) is 24.4 Å². The highest BCUT2D eigenvalue weighted by Crippen LogP contribution is 2.25. The molecule has 1 aromatic heterocycles. The van der Waals surface area contributed by atoms with Crippen LogP contribution < -0.4 is 20.1 Å². The fourth-order valence-electron chi connectivity index (χ4n) is 2.52. The van der Waals surface area contributed by atoms with Crippen LogP contribution in [-0.4, -0.2) is 24.6 Å². The fourth-order valence-corrected chi connectivity index (χ4v) is 2.52. The van der Waals surface area contributed by atoms with Crippen molar-refractivity contribution in [2.24, 2.45) is 0 Å². The second-order valence-corrected chi connectivity index (χ2v) is 5.70. The highest BCUT2D eigenvalue weighted by Gasteiger charge is 2.11. The van der Waals surface area contributed by atoms with Gasteiger partial charge >= 0.3 is 0 Å². The van der Waals surface area contributed by atoms with Crippen LogP contribution in [0.3, 0.4) is 0 Å². The summed E-state index contributed by atoms with van der Waals surface area (Å²) < 4.78 is 10.7. The molecule has 2 aromatic carbocycles. The first-order valence-electron chi connectivity index (χ1n) is 8.59. The van der Waals surface area contributed by atoms with Crippen molar-refractivity contribution in [3.05, 3.63) is 72.6 Å². The molecular weight excluding hydrogens is 342 g/mol. The van der Waals surface area contributed by atoms with Crippen molar-refractivity contribution < 1.29 is 14.3 Å². The molecule has 6 heteroatoms. The van der Waals surface area contributed by atoms with Crippen LogP contribution >= 0.6 is 0 Å². The molecule has 1 heterocycles. The van der Waals surface area contributed by atoms with Crippen molar-refractivity contribution in [1.82, 2.24) is 4.98 Å². The molecule has 0 fully saturated rings. The van der Waals surface area contributed by atoms with Crippen molar-refractivity contribution >= 4 is 23.0 Å². The van der Waals surface area contributed by atoms with Gasteiger partial charge in [-0.15, -0.1) is 0 Å². The number of pyridine rings is 1. The van der Waals surface area contributed by atoms with Crippen LogP contribution in [0.15, 0.2) is 67.0 Å². The van der Waals surface area contributed by atoms with Crippen LogP contribution in [0.25, 0.3) is 0 Å². The first kappa shape index (κ1) is 18.3. The Labute approximate surface area is 158 Å². The Morgan fingerprint density at radius 2 is 1.81 bits per heavy atom. The molecule has 0 unspecified atom stereocenters. The molecule has 0 aliphatic heterocycles. The van der Waals surface area contributed by atoms with Gasteiger partial charge < -0.3 is 20.1 Å². The number of anilines is 3. The van der Waals surface area contributed by atoms with E-state index >= 15 is 0 Å². The summed E-state index contributed by atoms with van der Waals surface area (Å²) in [5.74, 6) is 1.15. The van der Waals surface area contributed by atoms with E-state index in [0.717, 1.165) is 11.4 Å². The van der Waals surface area contributed by atoms with Gasteiger partial charge in [0.2, 0.25) is 0 Å². The minimum absolute atomic E-state index is 0.256. The van der Waals surface area contributed by atoms with E-state index in [4.69, 9.17) is 9.47 Å². The van der Waals surface area contributed by atoms with Crippen LogP contribution in [0.1, 0.15) is 17.3 Å². The highest BCUT2D eigenvalue weighted by molar-refractivity contribution is 6.05. The molecule has 3 aromatic rings. The maximum atomic E-state index is 12.6. The van der Waals surface area contributed by atoms with Gasteiger partial charge in [-0.1, -0.05) is 12.1 Å². The van der Waals surface area contributed by atoms with Gasteiger partial charge in [-0.2, -0.15) is 0 Å². The van der Waals surface area contributed by atoms with Gasteiger partial charge in [0.25, 0.3) is 5.91 Å². The van der Waals surface area contributed by atoms with E-state index in [0.29, 0.717) is 29.3 Å². The first-order valence-corrected chi connectivity index (χ1v) is 8.59. The summed E-state index contributed by atoms with van der Waals surface area (Å²) in [7, 11) is 1.62. The number of carbonyl (C=O) groups is 1. The predicted octanol–water partition coefficient (Wildman–Crippen LogP) is 4.48. The molecule has 2 N–H and O–H groups in total. The SMILES string of the molecule is CCOc1ccccc1NC(=O)c1cncc(Nc2ccc(OC)cc2)c1. The Hall–Kier alpha value is -3.54. The summed E-state index contributed by atoms with van der Waals surface area (Å²) in [5.41, 5.74) is 2.65. The lowest BCUT2D eigenvalue weighted by atomic mass is 10.2. The standard InChI is InChI=1S/C21H21N3O3/c1-3-27-20-7-5-4-6-19(20)24-21(25)15-12-17(14-22-13-15)23-16-8-10-18(26-2)11-9-16/h4-14,23H,3H2,1-2H3,(H,24,25). The smallest absolute Gasteiger partial charge is 0.257 e. The molecule has 0 atom stereocenters. The van der Waals surface area contributed by atoms with E-state index in [1.807, 2.05) is 49.4 Å². The number of rotatable bonds is 7. The van der Waals surface area contributed by atoms with Gasteiger partial charge in [0, 0.05) is 11.9 Å². The zero-order valence-electron chi connectivity index (χ0n) is 15.2. The van der Waals surface area contributed by atoms with Crippen LogP contribution in [-0.2, 0) is 0 Å². The predicted molar refractivity (Wildman–Crippen MR) is 106 cm³/mol. The Kier molecular flexibility index (Phi) is 5.89. The second-order valence-electron chi connectivity index (χ2n) is 5.70. The van der Waals surface area contributed by atoms with E-state index in [1.165, 1.54) is 6.20 Å². The molecule has 0 aliphatic rings. The van der Waals surface area contributed by atoms with Crippen molar-refractivity contribution in [3.63, 3.8) is 0 Å². The summed E-state index contributed by atoms with van der Waals surface area (Å²) in [4.78, 5) is 16.8. The first-order chi connectivity index (χ1) is 13.2. The van der Waals surface area contributed by atoms with Crippen molar-refractivity contribution in [2.45, 2.75) is 6.92 Å². The lowest BCUT2D eigenvalue weighted by Gasteiger charge is -2.12. The van der Waals surface area contributed by atoms with Crippen molar-refractivity contribution in [1.29, 1.82) is 0 Å². The lowest BCUT2D eigenvalue weighted by molar-refractivity contribution is 0.102. The average Bonchev–Trinajstić information content (AvgIpc) is 2.70. The van der Waals surface area contributed by atoms with E-state index in [9.17, 15) is 4.79 Å². The number of hydrogen-bond donors (Lipinski definition) is 2. The Morgan fingerprint density at radius 1 is 1.04 bits per heavy atom. The van der Waals surface area contributed by atoms with Crippen molar-refractivity contribution in [3.8, 4) is 11.5 Å². The van der Waals surface area contributed by atoms with Crippen LogP contribution in [0.5, 0.6) is 11.5 Å². The van der Waals surface area contributed by atoms with E-state index in [2.05, 4.69) is 15.6 Å². The minimum Gasteiger partial charge on any atom is -0.497 e. The zero-order chi connectivity index (χ0) is 19.1. The maximum absolute atomic E-state index is 12.6. The number of nitrogens with one attached hydrogen (secondary N) is 2. The number of ether oxygens (including phenoxy) is 2. The van der Waals surface area contributed by atoms with Gasteiger partial charge in [-0.3, -0.25) is 9.78 Å². The molecule has 3 rings (SSSR count). The Balaban J connectivity index is 1.73. The molecule has 27 heavy (non-hydrogen) atoms. The Bertz CT molecular complexity index is 911. The zero-order valence-corrected chi connectivity index (χ0v) is 15.2. The number of benzene rings is 2. The molecule has 0 saturated carbocycles. The number of amides is 1. The second kappa shape index (κ2) is 8.71. The molecule has 6 nitrogen and oxygen atoms in total. The van der Waals surface area contributed by atoms with Crippen LogP contribution in [0.2, 0.25) is 0 Å².